The van der Waals surface area contributed by atoms with Crippen LogP contribution in [0.1, 0.15) is 50.4 Å². The fourth-order valence-electron chi connectivity index (χ4n) is 5.95. The molecule has 0 bridgehead atoms. The van der Waals surface area contributed by atoms with E-state index in [2.05, 4.69) is 31.4 Å². The molecule has 0 atom stereocenters. The summed E-state index contributed by atoms with van der Waals surface area (Å²) in [5.74, 6) is 0.884. The van der Waals surface area contributed by atoms with E-state index < -0.39 is 10.0 Å². The first-order valence-corrected chi connectivity index (χ1v) is 17.2. The van der Waals surface area contributed by atoms with Crippen LogP contribution in [0.3, 0.4) is 0 Å². The number of fused-ring (bicyclic) bond motifs is 1. The second-order valence-corrected chi connectivity index (χ2v) is 15.1. The van der Waals surface area contributed by atoms with E-state index in [0.29, 0.717) is 29.7 Å². The minimum atomic E-state index is -3.58. The first kappa shape index (κ1) is 31.5. The highest BCUT2D eigenvalue weighted by molar-refractivity contribution is 7.89. The third-order valence-corrected chi connectivity index (χ3v) is 10.6. The molecule has 1 fully saturated rings. The molecule has 1 aliphatic heterocycles. The van der Waals surface area contributed by atoms with Crippen LogP contribution >= 0.6 is 0 Å². The zero-order valence-corrected chi connectivity index (χ0v) is 27.6. The van der Waals surface area contributed by atoms with Crippen molar-refractivity contribution < 1.29 is 13.2 Å². The summed E-state index contributed by atoms with van der Waals surface area (Å²) in [6.07, 6.45) is 2.24. The smallest absolute Gasteiger partial charge is 0.307 e. The van der Waals surface area contributed by atoms with Crippen LogP contribution < -0.4 is 10.6 Å². The molecule has 5 aromatic rings. The summed E-state index contributed by atoms with van der Waals surface area (Å²) in [6, 6.07) is 30.6. The summed E-state index contributed by atoms with van der Waals surface area (Å²) < 4.78 is 30.3. The van der Waals surface area contributed by atoms with Gasteiger partial charge in [0, 0.05) is 30.3 Å². The van der Waals surface area contributed by atoms with Gasteiger partial charge in [0.25, 0.3) is 0 Å². The van der Waals surface area contributed by atoms with Crippen LogP contribution in [0, 0.1) is 12.8 Å². The molecule has 0 unspecified atom stereocenters. The number of benzene rings is 4. The lowest BCUT2D eigenvalue weighted by atomic mass is 9.90. The van der Waals surface area contributed by atoms with E-state index in [1.54, 1.807) is 21.1 Å². The maximum atomic E-state index is 13.5. The molecular formula is C37H41N5O3S. The summed E-state index contributed by atoms with van der Waals surface area (Å²) in [5.41, 5.74) is 4.45. The number of amides is 2. The van der Waals surface area contributed by atoms with Crippen LogP contribution in [0.2, 0.25) is 0 Å². The van der Waals surface area contributed by atoms with Crippen molar-refractivity contribution in [2.45, 2.75) is 57.3 Å². The van der Waals surface area contributed by atoms with Gasteiger partial charge in [-0.15, -0.1) is 0 Å². The van der Waals surface area contributed by atoms with Crippen LogP contribution in [0.4, 0.5) is 16.3 Å². The van der Waals surface area contributed by atoms with Crippen LogP contribution in [-0.2, 0) is 21.9 Å². The van der Waals surface area contributed by atoms with Crippen LogP contribution in [0.5, 0.6) is 0 Å². The van der Waals surface area contributed by atoms with Gasteiger partial charge in [-0.2, -0.15) is 9.40 Å². The molecule has 1 aromatic heterocycles. The van der Waals surface area contributed by atoms with Gasteiger partial charge >= 0.3 is 6.03 Å². The maximum absolute atomic E-state index is 13.5. The average Bonchev–Trinajstić information content (AvgIpc) is 3.46. The van der Waals surface area contributed by atoms with Gasteiger partial charge in [0.15, 0.2) is 0 Å². The summed E-state index contributed by atoms with van der Waals surface area (Å²) >= 11 is 0. The normalized spacial score (nSPS) is 14.8. The van der Waals surface area contributed by atoms with Gasteiger partial charge < -0.3 is 5.32 Å². The van der Waals surface area contributed by atoms with E-state index in [-0.39, 0.29) is 11.4 Å². The third-order valence-electron chi connectivity index (χ3n) is 8.70. The van der Waals surface area contributed by atoms with Crippen molar-refractivity contribution >= 4 is 38.3 Å². The number of aryl methyl sites for hydroxylation is 1. The number of piperidine rings is 1. The van der Waals surface area contributed by atoms with Crippen molar-refractivity contribution in [2.75, 3.05) is 23.7 Å². The number of rotatable bonds is 7. The van der Waals surface area contributed by atoms with Crippen molar-refractivity contribution in [1.29, 1.82) is 0 Å². The molecule has 8 nitrogen and oxygen atoms in total. The Morgan fingerprint density at radius 2 is 1.52 bits per heavy atom. The zero-order chi connectivity index (χ0) is 32.5. The van der Waals surface area contributed by atoms with Crippen molar-refractivity contribution in [3.63, 3.8) is 0 Å². The monoisotopic (exact) mass is 635 g/mol. The van der Waals surface area contributed by atoms with E-state index in [0.717, 1.165) is 58.2 Å². The number of hydrogen-bond donors (Lipinski definition) is 2. The molecule has 1 saturated heterocycles. The zero-order valence-electron chi connectivity index (χ0n) is 26.8. The van der Waals surface area contributed by atoms with Crippen LogP contribution in [-0.4, -0.2) is 41.6 Å². The van der Waals surface area contributed by atoms with Gasteiger partial charge in [-0.25, -0.2) is 17.9 Å². The molecule has 9 heteroatoms. The van der Waals surface area contributed by atoms with Crippen LogP contribution in [0.25, 0.3) is 16.5 Å². The number of nitrogens with one attached hydrogen (secondary N) is 2. The number of aromatic nitrogens is 2. The van der Waals surface area contributed by atoms with Crippen LogP contribution in [0.15, 0.2) is 102 Å². The predicted molar refractivity (Wildman–Crippen MR) is 185 cm³/mol. The summed E-state index contributed by atoms with van der Waals surface area (Å²) in [4.78, 5) is 13.7. The van der Waals surface area contributed by atoms with E-state index >= 15 is 0 Å². The van der Waals surface area contributed by atoms with Gasteiger partial charge in [0.05, 0.1) is 16.3 Å². The second-order valence-electron chi connectivity index (χ2n) is 13.2. The number of anilines is 2. The molecule has 238 valence electrons. The van der Waals surface area contributed by atoms with Gasteiger partial charge in [-0.3, -0.25) is 5.32 Å². The number of carbonyl (C=O) groups is 1. The Kier molecular flexibility index (Phi) is 8.72. The van der Waals surface area contributed by atoms with Gasteiger partial charge in [-0.1, -0.05) is 87.0 Å². The molecule has 6 rings (SSSR count). The molecule has 0 saturated carbocycles. The molecule has 0 radical (unpaired) electrons. The number of hydrogen-bond acceptors (Lipinski definition) is 4. The number of para-hydroxylation sites is 1. The number of sulfonamides is 1. The quantitative estimate of drug-likeness (QED) is 0.190. The van der Waals surface area contributed by atoms with Gasteiger partial charge in [0.2, 0.25) is 10.0 Å². The number of carbonyl (C=O) groups excluding carboxylic acids is 1. The number of urea groups is 1. The first-order chi connectivity index (χ1) is 22.0. The highest BCUT2D eigenvalue weighted by Crippen LogP contribution is 2.30. The largest absolute Gasteiger partial charge is 0.324 e. The molecular weight excluding hydrogens is 595 g/mol. The number of nitrogens with zero attached hydrogens (tertiary/aromatic N) is 3. The summed E-state index contributed by atoms with van der Waals surface area (Å²) in [7, 11) is -3.58. The first-order valence-electron chi connectivity index (χ1n) is 15.8. The fourth-order valence-corrected chi connectivity index (χ4v) is 7.46. The van der Waals surface area contributed by atoms with Crippen molar-refractivity contribution in [2.24, 2.45) is 5.92 Å². The van der Waals surface area contributed by atoms with E-state index in [1.807, 2.05) is 91.9 Å². The Bertz CT molecular complexity index is 1970. The Morgan fingerprint density at radius 1 is 0.848 bits per heavy atom. The predicted octanol–water partition coefficient (Wildman–Crippen LogP) is 7.92. The second kappa shape index (κ2) is 12.7. The molecule has 1 aliphatic rings. The summed E-state index contributed by atoms with van der Waals surface area (Å²) in [6.45, 7) is 9.26. The molecule has 0 aliphatic carbocycles. The molecule has 46 heavy (non-hydrogen) atoms. The Balaban J connectivity index is 1.12. The lowest BCUT2D eigenvalue weighted by molar-refractivity contribution is 0.261. The SMILES string of the molecule is Cc1ccc(-n2nc(C(C)(C)C)cc2NC(=O)Nc2ccccc2CC2CCN(S(=O)(=O)c3ccc4ccccc4c3)CC2)cc1. The van der Waals surface area contributed by atoms with E-state index in [1.165, 1.54) is 0 Å². The lowest BCUT2D eigenvalue weighted by Crippen LogP contribution is -2.38. The minimum Gasteiger partial charge on any atom is -0.307 e. The Labute approximate surface area is 271 Å². The molecule has 2 amide bonds. The average molecular weight is 636 g/mol. The van der Waals surface area contributed by atoms with Gasteiger partial charge in [0.1, 0.15) is 5.82 Å². The molecule has 4 aromatic carbocycles. The molecule has 0 spiro atoms. The van der Waals surface area contributed by atoms with Crippen molar-refractivity contribution in [1.82, 2.24) is 14.1 Å². The van der Waals surface area contributed by atoms with E-state index in [9.17, 15) is 13.2 Å². The topological polar surface area (TPSA) is 96.3 Å². The lowest BCUT2D eigenvalue weighted by Gasteiger charge is -2.31. The van der Waals surface area contributed by atoms with Crippen molar-refractivity contribution in [3.05, 3.63) is 114 Å². The Hall–Kier alpha value is -4.47. The van der Waals surface area contributed by atoms with E-state index in [4.69, 9.17) is 5.10 Å². The molecule has 2 heterocycles. The fraction of sp³-hybridized carbons (Fsp3) is 0.297. The highest BCUT2D eigenvalue weighted by atomic mass is 32.2. The van der Waals surface area contributed by atoms with Crippen molar-refractivity contribution in [3.8, 4) is 5.69 Å². The van der Waals surface area contributed by atoms with Gasteiger partial charge in [-0.05, 0) is 78.8 Å². The summed E-state index contributed by atoms with van der Waals surface area (Å²) in [5, 5.41) is 12.8. The standard InChI is InChI=1S/C37H41N5O3S/c1-26-13-16-31(17-14-26)42-35(25-34(40-42)37(2,3)4)39-36(43)38-33-12-8-7-11-30(33)23-27-19-21-41(22-20-27)46(44,45)32-18-15-28-9-5-6-10-29(28)24-32/h5-18,24-25,27H,19-23H2,1-4H3,(H2,38,39,43). The third kappa shape index (κ3) is 6.85. The maximum Gasteiger partial charge on any atom is 0.324 e. The minimum absolute atomic E-state index is 0.195. The molecule has 2 N–H and O–H groups in total. The highest BCUT2D eigenvalue weighted by Gasteiger charge is 2.30. The Morgan fingerprint density at radius 3 is 2.24 bits per heavy atom.